The van der Waals surface area contributed by atoms with E-state index in [0.29, 0.717) is 18.7 Å². The lowest BCUT2D eigenvalue weighted by Gasteiger charge is -2.12. The molecule has 0 unspecified atom stereocenters. The standard InChI is InChI=1S/C12H17N3O2S/c1-15(2)12(17)14-7-6-13-11(16)9-4-3-5-10(18)8-9/h3-5,8,18H,6-7H2,1-2H3,(H,13,16)(H,14,17). The highest BCUT2D eigenvalue weighted by Gasteiger charge is 2.05. The lowest BCUT2D eigenvalue weighted by molar-refractivity contribution is 0.0953. The first kappa shape index (κ1) is 14.4. The molecule has 0 atom stereocenters. The van der Waals surface area contributed by atoms with Gasteiger partial charge in [-0.15, -0.1) is 12.6 Å². The molecule has 1 aromatic rings. The smallest absolute Gasteiger partial charge is 0.316 e. The van der Waals surface area contributed by atoms with Crippen molar-refractivity contribution in [1.29, 1.82) is 0 Å². The molecule has 1 rings (SSSR count). The van der Waals surface area contributed by atoms with Gasteiger partial charge in [-0.3, -0.25) is 4.79 Å². The summed E-state index contributed by atoms with van der Waals surface area (Å²) in [6, 6.07) is 6.80. The average Bonchev–Trinajstić information content (AvgIpc) is 2.33. The lowest BCUT2D eigenvalue weighted by Crippen LogP contribution is -2.39. The van der Waals surface area contributed by atoms with E-state index in [-0.39, 0.29) is 11.9 Å². The van der Waals surface area contributed by atoms with Crippen LogP contribution in [0.1, 0.15) is 10.4 Å². The molecule has 2 N–H and O–H groups in total. The van der Waals surface area contributed by atoms with E-state index in [1.807, 2.05) is 0 Å². The van der Waals surface area contributed by atoms with E-state index >= 15 is 0 Å². The van der Waals surface area contributed by atoms with Gasteiger partial charge in [0.15, 0.2) is 0 Å². The predicted molar refractivity (Wildman–Crippen MR) is 73.1 cm³/mol. The van der Waals surface area contributed by atoms with Gasteiger partial charge in [0.05, 0.1) is 0 Å². The summed E-state index contributed by atoms with van der Waals surface area (Å²) in [5.74, 6) is -0.176. The maximum atomic E-state index is 11.7. The number of nitrogens with one attached hydrogen (secondary N) is 2. The summed E-state index contributed by atoms with van der Waals surface area (Å²) in [7, 11) is 3.32. The normalized spacial score (nSPS) is 9.72. The molecule has 0 spiro atoms. The molecule has 5 nitrogen and oxygen atoms in total. The summed E-state index contributed by atoms with van der Waals surface area (Å²) in [5, 5.41) is 5.37. The van der Waals surface area contributed by atoms with E-state index < -0.39 is 0 Å². The number of nitrogens with zero attached hydrogens (tertiary/aromatic N) is 1. The number of hydrogen-bond donors (Lipinski definition) is 3. The minimum Gasteiger partial charge on any atom is -0.350 e. The molecule has 0 aliphatic rings. The van der Waals surface area contributed by atoms with E-state index in [1.165, 1.54) is 4.90 Å². The van der Waals surface area contributed by atoms with Crippen molar-refractivity contribution in [1.82, 2.24) is 15.5 Å². The molecule has 1 aromatic carbocycles. The van der Waals surface area contributed by atoms with Crippen LogP contribution in [-0.2, 0) is 0 Å². The second-order valence-electron chi connectivity index (χ2n) is 3.93. The Balaban J connectivity index is 2.32. The fraction of sp³-hybridized carbons (Fsp3) is 0.333. The van der Waals surface area contributed by atoms with Gasteiger partial charge >= 0.3 is 6.03 Å². The summed E-state index contributed by atoms with van der Waals surface area (Å²) < 4.78 is 0. The van der Waals surface area contributed by atoms with Gasteiger partial charge in [-0.1, -0.05) is 6.07 Å². The molecule has 0 fully saturated rings. The minimum atomic E-state index is -0.179. The number of thiol groups is 1. The lowest BCUT2D eigenvalue weighted by atomic mass is 10.2. The Hall–Kier alpha value is -1.69. The van der Waals surface area contributed by atoms with Gasteiger partial charge in [-0.25, -0.2) is 4.79 Å². The van der Waals surface area contributed by atoms with Gasteiger partial charge in [0.25, 0.3) is 5.91 Å². The Morgan fingerprint density at radius 2 is 1.89 bits per heavy atom. The minimum absolute atomic E-state index is 0.176. The highest BCUT2D eigenvalue weighted by Crippen LogP contribution is 2.08. The quantitative estimate of drug-likeness (QED) is 0.562. The molecular weight excluding hydrogens is 250 g/mol. The molecule has 0 aromatic heterocycles. The highest BCUT2D eigenvalue weighted by molar-refractivity contribution is 7.80. The number of hydrogen-bond acceptors (Lipinski definition) is 3. The fourth-order valence-corrected chi connectivity index (χ4v) is 1.48. The van der Waals surface area contributed by atoms with Crippen molar-refractivity contribution < 1.29 is 9.59 Å². The number of benzene rings is 1. The molecule has 6 heteroatoms. The summed E-state index contributed by atoms with van der Waals surface area (Å²) in [6.45, 7) is 0.776. The third kappa shape index (κ3) is 4.67. The van der Waals surface area contributed by atoms with Crippen molar-refractivity contribution in [3.63, 3.8) is 0 Å². The molecule has 0 aliphatic heterocycles. The van der Waals surface area contributed by atoms with Crippen molar-refractivity contribution in [2.45, 2.75) is 4.90 Å². The first-order valence-corrected chi connectivity index (χ1v) is 5.98. The number of rotatable bonds is 4. The van der Waals surface area contributed by atoms with Gasteiger partial charge in [-0.2, -0.15) is 0 Å². The van der Waals surface area contributed by atoms with Crippen LogP contribution >= 0.6 is 12.6 Å². The van der Waals surface area contributed by atoms with Gasteiger partial charge in [-0.05, 0) is 18.2 Å². The summed E-state index contributed by atoms with van der Waals surface area (Å²) in [5.41, 5.74) is 0.557. The molecule has 0 heterocycles. The van der Waals surface area contributed by atoms with Crippen LogP contribution < -0.4 is 10.6 Å². The van der Waals surface area contributed by atoms with Crippen LogP contribution in [0.3, 0.4) is 0 Å². The number of amides is 3. The molecule has 18 heavy (non-hydrogen) atoms. The topological polar surface area (TPSA) is 61.4 Å². The van der Waals surface area contributed by atoms with Crippen LogP contribution in [0.5, 0.6) is 0 Å². The first-order valence-electron chi connectivity index (χ1n) is 5.53. The number of carbonyl (C=O) groups excluding carboxylic acids is 2. The Morgan fingerprint density at radius 1 is 1.22 bits per heavy atom. The number of urea groups is 1. The highest BCUT2D eigenvalue weighted by atomic mass is 32.1. The summed E-state index contributed by atoms with van der Waals surface area (Å²) in [6.07, 6.45) is 0. The predicted octanol–water partition coefficient (Wildman–Crippen LogP) is 0.976. The zero-order valence-corrected chi connectivity index (χ0v) is 11.3. The molecular formula is C12H17N3O2S. The van der Waals surface area contributed by atoms with Crippen molar-refractivity contribution in [2.24, 2.45) is 0 Å². The zero-order valence-electron chi connectivity index (χ0n) is 10.4. The molecule has 0 saturated carbocycles. The third-order valence-electron chi connectivity index (χ3n) is 2.20. The van der Waals surface area contributed by atoms with Crippen molar-refractivity contribution >= 4 is 24.6 Å². The Bertz CT molecular complexity index is 435. The molecule has 0 bridgehead atoms. The summed E-state index contributed by atoms with van der Waals surface area (Å²) in [4.78, 5) is 25.1. The maximum Gasteiger partial charge on any atom is 0.316 e. The molecule has 0 saturated heterocycles. The van der Waals surface area contributed by atoms with Crippen LogP contribution in [-0.4, -0.2) is 44.0 Å². The molecule has 0 radical (unpaired) electrons. The van der Waals surface area contributed by atoms with E-state index in [4.69, 9.17) is 0 Å². The van der Waals surface area contributed by atoms with Crippen molar-refractivity contribution in [2.75, 3.05) is 27.2 Å². The molecule has 98 valence electrons. The van der Waals surface area contributed by atoms with Gasteiger partial charge in [0, 0.05) is 37.6 Å². The van der Waals surface area contributed by atoms with Gasteiger partial charge < -0.3 is 15.5 Å². The van der Waals surface area contributed by atoms with Crippen LogP contribution in [0.4, 0.5) is 4.79 Å². The molecule has 0 aliphatic carbocycles. The van der Waals surface area contributed by atoms with Gasteiger partial charge in [0.2, 0.25) is 0 Å². The van der Waals surface area contributed by atoms with Crippen LogP contribution in [0.2, 0.25) is 0 Å². The largest absolute Gasteiger partial charge is 0.350 e. The summed E-state index contributed by atoms with van der Waals surface area (Å²) >= 11 is 4.16. The third-order valence-corrected chi connectivity index (χ3v) is 2.48. The van der Waals surface area contributed by atoms with E-state index in [2.05, 4.69) is 23.3 Å². The van der Waals surface area contributed by atoms with Gasteiger partial charge in [0.1, 0.15) is 0 Å². The molecule has 3 amide bonds. The van der Waals surface area contributed by atoms with Crippen molar-refractivity contribution in [3.05, 3.63) is 29.8 Å². The maximum absolute atomic E-state index is 11.7. The van der Waals surface area contributed by atoms with E-state index in [1.54, 1.807) is 38.4 Å². The Morgan fingerprint density at radius 3 is 2.50 bits per heavy atom. The Labute approximate surface area is 112 Å². The van der Waals surface area contributed by atoms with Crippen LogP contribution in [0, 0.1) is 0 Å². The fourth-order valence-electron chi connectivity index (χ4n) is 1.25. The van der Waals surface area contributed by atoms with Crippen LogP contribution in [0.25, 0.3) is 0 Å². The first-order chi connectivity index (χ1) is 8.50. The SMILES string of the molecule is CN(C)C(=O)NCCNC(=O)c1cccc(S)c1. The monoisotopic (exact) mass is 267 g/mol. The van der Waals surface area contributed by atoms with Crippen LogP contribution in [0.15, 0.2) is 29.2 Å². The number of carbonyl (C=O) groups is 2. The van der Waals surface area contributed by atoms with E-state index in [9.17, 15) is 9.59 Å². The second-order valence-corrected chi connectivity index (χ2v) is 4.45. The van der Waals surface area contributed by atoms with Crippen molar-refractivity contribution in [3.8, 4) is 0 Å². The second kappa shape index (κ2) is 6.90. The average molecular weight is 267 g/mol. The Kier molecular flexibility index (Phi) is 5.51. The zero-order chi connectivity index (χ0) is 13.5. The van der Waals surface area contributed by atoms with E-state index in [0.717, 1.165) is 4.90 Å².